The second kappa shape index (κ2) is 9.68. The highest BCUT2D eigenvalue weighted by atomic mass is 32.2. The number of aryl methyl sites for hydroxylation is 1. The molecule has 0 aromatic heterocycles. The van der Waals surface area contributed by atoms with Crippen LogP contribution in [0.25, 0.3) is 0 Å². The normalized spacial score (nSPS) is 10.5. The van der Waals surface area contributed by atoms with Crippen molar-refractivity contribution in [3.63, 3.8) is 0 Å². The number of hydrogen-bond donors (Lipinski definition) is 1. The lowest BCUT2D eigenvalue weighted by Gasteiger charge is -2.09. The molecule has 0 atom stereocenters. The van der Waals surface area contributed by atoms with Crippen molar-refractivity contribution in [2.75, 3.05) is 18.1 Å². The zero-order valence-corrected chi connectivity index (χ0v) is 15.3. The number of nitrogens with one attached hydrogen (secondary N) is 1. The molecule has 23 heavy (non-hydrogen) atoms. The van der Waals surface area contributed by atoms with Crippen molar-refractivity contribution < 1.29 is 4.79 Å². The van der Waals surface area contributed by atoms with Crippen molar-refractivity contribution >= 4 is 29.4 Å². The minimum Gasteiger partial charge on any atom is -0.351 e. The Bertz CT molecular complexity index is 626. The van der Waals surface area contributed by atoms with Gasteiger partial charge in [-0.2, -0.15) is 11.8 Å². The fourth-order valence-corrected chi connectivity index (χ4v) is 3.76. The van der Waals surface area contributed by atoms with Gasteiger partial charge >= 0.3 is 0 Å². The molecule has 0 saturated heterocycles. The van der Waals surface area contributed by atoms with Gasteiger partial charge in [-0.3, -0.25) is 4.79 Å². The molecule has 0 bridgehead atoms. The Labute approximate surface area is 147 Å². The van der Waals surface area contributed by atoms with Crippen molar-refractivity contribution in [1.29, 1.82) is 0 Å². The van der Waals surface area contributed by atoms with Gasteiger partial charge in [-0.25, -0.2) is 0 Å². The molecule has 0 aliphatic heterocycles. The Morgan fingerprint density at radius 3 is 2.57 bits per heavy atom. The Kier molecular flexibility index (Phi) is 7.56. The Morgan fingerprint density at radius 2 is 1.83 bits per heavy atom. The summed E-state index contributed by atoms with van der Waals surface area (Å²) in [6, 6.07) is 16.4. The van der Waals surface area contributed by atoms with E-state index in [1.54, 1.807) is 11.8 Å². The number of thioether (sulfide) groups is 2. The lowest BCUT2D eigenvalue weighted by atomic mass is 10.2. The molecule has 0 fully saturated rings. The fourth-order valence-electron chi connectivity index (χ4n) is 2.14. The molecule has 0 aliphatic rings. The van der Waals surface area contributed by atoms with Crippen LogP contribution in [0, 0.1) is 6.92 Å². The fraction of sp³-hybridized carbons (Fsp3) is 0.316. The Hall–Kier alpha value is -1.39. The second-order valence-electron chi connectivity index (χ2n) is 5.22. The molecule has 0 saturated carbocycles. The van der Waals surface area contributed by atoms with Gasteiger partial charge in [-0.1, -0.05) is 48.9 Å². The molecule has 122 valence electrons. The first kappa shape index (κ1) is 18.0. The van der Waals surface area contributed by atoms with Crippen molar-refractivity contribution in [2.45, 2.75) is 24.5 Å². The van der Waals surface area contributed by atoms with E-state index in [0.29, 0.717) is 6.54 Å². The van der Waals surface area contributed by atoms with Crippen LogP contribution in [-0.4, -0.2) is 24.0 Å². The molecule has 2 nitrogen and oxygen atoms in total. The summed E-state index contributed by atoms with van der Waals surface area (Å²) >= 11 is 3.55. The van der Waals surface area contributed by atoms with E-state index < -0.39 is 0 Å². The molecule has 0 aliphatic carbocycles. The van der Waals surface area contributed by atoms with Gasteiger partial charge in [0.2, 0.25) is 0 Å². The molecule has 4 heteroatoms. The van der Waals surface area contributed by atoms with Gasteiger partial charge in [0.25, 0.3) is 5.91 Å². The summed E-state index contributed by atoms with van der Waals surface area (Å²) in [6.07, 6.45) is 0. The zero-order valence-electron chi connectivity index (χ0n) is 13.7. The predicted octanol–water partition coefficient (Wildman–Crippen LogP) is 4.77. The summed E-state index contributed by atoms with van der Waals surface area (Å²) in [5.41, 5.74) is 3.40. The molecular weight excluding hydrogens is 322 g/mol. The van der Waals surface area contributed by atoms with E-state index in [1.165, 1.54) is 11.1 Å². The quantitative estimate of drug-likeness (QED) is 0.552. The number of benzene rings is 2. The molecule has 1 N–H and O–H groups in total. The number of hydrogen-bond acceptors (Lipinski definition) is 3. The van der Waals surface area contributed by atoms with Crippen LogP contribution in [0.15, 0.2) is 53.4 Å². The van der Waals surface area contributed by atoms with Gasteiger partial charge in [0.15, 0.2) is 0 Å². The van der Waals surface area contributed by atoms with E-state index in [0.717, 1.165) is 27.7 Å². The largest absolute Gasteiger partial charge is 0.351 e. The summed E-state index contributed by atoms with van der Waals surface area (Å²) in [5.74, 6) is 2.90. The zero-order chi connectivity index (χ0) is 16.5. The molecule has 2 rings (SSSR count). The van der Waals surface area contributed by atoms with Crippen LogP contribution in [0.1, 0.15) is 28.4 Å². The van der Waals surface area contributed by atoms with Crippen molar-refractivity contribution in [1.82, 2.24) is 5.32 Å². The van der Waals surface area contributed by atoms with E-state index >= 15 is 0 Å². The Balaban J connectivity index is 1.73. The minimum atomic E-state index is 0.0254. The number of carbonyl (C=O) groups excluding carboxylic acids is 1. The van der Waals surface area contributed by atoms with E-state index in [9.17, 15) is 4.79 Å². The third-order valence-electron chi connectivity index (χ3n) is 3.35. The van der Waals surface area contributed by atoms with Crippen LogP contribution in [0.4, 0.5) is 0 Å². The van der Waals surface area contributed by atoms with E-state index in [1.807, 2.05) is 36.0 Å². The minimum absolute atomic E-state index is 0.0254. The molecule has 0 radical (unpaired) electrons. The molecule has 2 aromatic carbocycles. The number of amides is 1. The van der Waals surface area contributed by atoms with Gasteiger partial charge in [0, 0.05) is 22.9 Å². The van der Waals surface area contributed by atoms with Crippen LogP contribution in [-0.2, 0) is 5.75 Å². The third-order valence-corrected chi connectivity index (χ3v) is 5.34. The first-order valence-electron chi connectivity index (χ1n) is 7.84. The average molecular weight is 346 g/mol. The lowest BCUT2D eigenvalue weighted by Crippen LogP contribution is -2.26. The Morgan fingerprint density at radius 1 is 1.09 bits per heavy atom. The molecule has 0 heterocycles. The van der Waals surface area contributed by atoms with Gasteiger partial charge in [-0.05, 0) is 30.4 Å². The van der Waals surface area contributed by atoms with Gasteiger partial charge < -0.3 is 5.32 Å². The van der Waals surface area contributed by atoms with Crippen LogP contribution in [0.5, 0.6) is 0 Å². The lowest BCUT2D eigenvalue weighted by molar-refractivity contribution is 0.0953. The number of rotatable bonds is 8. The first-order valence-corrected chi connectivity index (χ1v) is 9.98. The highest BCUT2D eigenvalue weighted by molar-refractivity contribution is 7.99. The van der Waals surface area contributed by atoms with Crippen LogP contribution >= 0.6 is 23.5 Å². The highest BCUT2D eigenvalue weighted by Gasteiger charge is 2.09. The molecule has 0 spiro atoms. The molecule has 1 amide bonds. The maximum absolute atomic E-state index is 12.3. The maximum atomic E-state index is 12.3. The highest BCUT2D eigenvalue weighted by Crippen LogP contribution is 2.22. The molecule has 2 aromatic rings. The van der Waals surface area contributed by atoms with E-state index in [2.05, 4.69) is 43.4 Å². The van der Waals surface area contributed by atoms with Crippen LogP contribution in [0.2, 0.25) is 0 Å². The van der Waals surface area contributed by atoms with E-state index in [4.69, 9.17) is 0 Å². The molecular formula is C19H23NOS2. The van der Waals surface area contributed by atoms with Gasteiger partial charge in [0.05, 0.1) is 5.56 Å². The van der Waals surface area contributed by atoms with Crippen molar-refractivity contribution in [2.24, 2.45) is 0 Å². The molecule has 0 unspecified atom stereocenters. The van der Waals surface area contributed by atoms with Crippen LogP contribution < -0.4 is 5.32 Å². The SMILES string of the molecule is CCSc1ccccc1C(=O)NCCSCc1ccc(C)cc1. The topological polar surface area (TPSA) is 29.1 Å². The standard InChI is InChI=1S/C19H23NOS2/c1-3-23-18-7-5-4-6-17(18)19(21)20-12-13-22-14-16-10-8-15(2)9-11-16/h4-11H,3,12-14H2,1-2H3,(H,20,21). The summed E-state index contributed by atoms with van der Waals surface area (Å²) in [4.78, 5) is 13.3. The summed E-state index contributed by atoms with van der Waals surface area (Å²) in [6.45, 7) is 4.89. The van der Waals surface area contributed by atoms with Crippen molar-refractivity contribution in [3.8, 4) is 0 Å². The smallest absolute Gasteiger partial charge is 0.252 e. The third kappa shape index (κ3) is 5.96. The number of carbonyl (C=O) groups is 1. The van der Waals surface area contributed by atoms with E-state index in [-0.39, 0.29) is 5.91 Å². The second-order valence-corrected chi connectivity index (χ2v) is 7.63. The summed E-state index contributed by atoms with van der Waals surface area (Å²) in [7, 11) is 0. The average Bonchev–Trinajstić information content (AvgIpc) is 2.57. The van der Waals surface area contributed by atoms with Gasteiger partial charge in [0.1, 0.15) is 0 Å². The summed E-state index contributed by atoms with van der Waals surface area (Å²) in [5, 5.41) is 3.02. The van der Waals surface area contributed by atoms with Gasteiger partial charge in [-0.15, -0.1) is 11.8 Å². The summed E-state index contributed by atoms with van der Waals surface area (Å²) < 4.78 is 0. The predicted molar refractivity (Wildman–Crippen MR) is 103 cm³/mol. The van der Waals surface area contributed by atoms with Crippen LogP contribution in [0.3, 0.4) is 0 Å². The monoisotopic (exact) mass is 345 g/mol. The van der Waals surface area contributed by atoms with Crippen molar-refractivity contribution in [3.05, 3.63) is 65.2 Å². The first-order chi connectivity index (χ1) is 11.2. The maximum Gasteiger partial charge on any atom is 0.252 e.